The van der Waals surface area contributed by atoms with Crippen molar-refractivity contribution < 1.29 is 19.2 Å². The predicted molar refractivity (Wildman–Crippen MR) is 106 cm³/mol. The van der Waals surface area contributed by atoms with Crippen LogP contribution in [0.2, 0.25) is 0 Å². The highest BCUT2D eigenvalue weighted by molar-refractivity contribution is 5.89. The average molecular weight is 399 g/mol. The zero-order valence-corrected chi connectivity index (χ0v) is 16.2. The molecule has 1 aliphatic heterocycles. The standard InChI is InChI=1S/C20H25N5O4/c1-12-6-16(29-24-12)8-19(27)25-11-15(26)7-18(25)20(28)23-10-13-2-4-14(5-3-13)17(22)9-21/h2-6,9,15,18,26H,7-8,10-11,21-22H2,1H3,(H,23,28)/b17-9-/t15-,18?/m1/s1. The van der Waals surface area contributed by atoms with E-state index in [9.17, 15) is 14.7 Å². The molecule has 6 N–H and O–H groups in total. The van der Waals surface area contributed by atoms with Crippen molar-refractivity contribution in [3.8, 4) is 0 Å². The predicted octanol–water partition coefficient (Wildman–Crippen LogP) is 0.0195. The number of aliphatic hydroxyl groups is 1. The first-order valence-corrected chi connectivity index (χ1v) is 9.31. The van der Waals surface area contributed by atoms with E-state index in [1.54, 1.807) is 13.0 Å². The van der Waals surface area contributed by atoms with Crippen molar-refractivity contribution in [2.24, 2.45) is 11.5 Å². The van der Waals surface area contributed by atoms with Crippen LogP contribution in [-0.2, 0) is 22.6 Å². The second-order valence-electron chi connectivity index (χ2n) is 7.10. The number of likely N-dealkylation sites (tertiary alicyclic amines) is 1. The highest BCUT2D eigenvalue weighted by atomic mass is 16.5. The molecule has 0 spiro atoms. The molecule has 9 nitrogen and oxygen atoms in total. The van der Waals surface area contributed by atoms with E-state index in [0.29, 0.717) is 23.7 Å². The Morgan fingerprint density at radius 1 is 1.38 bits per heavy atom. The number of aromatic nitrogens is 1. The number of carbonyl (C=O) groups is 2. The van der Waals surface area contributed by atoms with Gasteiger partial charge in [0.25, 0.3) is 0 Å². The van der Waals surface area contributed by atoms with Gasteiger partial charge in [0.15, 0.2) is 0 Å². The van der Waals surface area contributed by atoms with Crippen LogP contribution < -0.4 is 16.8 Å². The molecule has 2 atom stereocenters. The van der Waals surface area contributed by atoms with Gasteiger partial charge in [0.05, 0.1) is 23.9 Å². The third-order valence-electron chi connectivity index (χ3n) is 4.84. The molecule has 1 aliphatic rings. The van der Waals surface area contributed by atoms with Crippen LogP contribution in [0, 0.1) is 6.92 Å². The number of amides is 2. The van der Waals surface area contributed by atoms with Gasteiger partial charge >= 0.3 is 0 Å². The lowest BCUT2D eigenvalue weighted by atomic mass is 10.1. The third kappa shape index (κ3) is 4.94. The third-order valence-corrected chi connectivity index (χ3v) is 4.84. The average Bonchev–Trinajstić information content (AvgIpc) is 3.31. The molecule has 1 saturated heterocycles. The van der Waals surface area contributed by atoms with Crippen molar-refractivity contribution in [1.82, 2.24) is 15.4 Å². The molecule has 2 heterocycles. The number of nitrogens with one attached hydrogen (secondary N) is 1. The zero-order valence-electron chi connectivity index (χ0n) is 16.2. The Kier molecular flexibility index (Phi) is 6.18. The smallest absolute Gasteiger partial charge is 0.243 e. The second kappa shape index (κ2) is 8.78. The lowest BCUT2D eigenvalue weighted by Gasteiger charge is -2.23. The minimum Gasteiger partial charge on any atom is -0.403 e. The summed E-state index contributed by atoms with van der Waals surface area (Å²) < 4.78 is 5.08. The molecular formula is C20H25N5O4. The number of carbonyl (C=O) groups excluding carboxylic acids is 2. The van der Waals surface area contributed by atoms with Gasteiger partial charge in [0.1, 0.15) is 11.8 Å². The summed E-state index contributed by atoms with van der Waals surface area (Å²) in [4.78, 5) is 26.7. The lowest BCUT2D eigenvalue weighted by molar-refractivity contribution is -0.138. The maximum atomic E-state index is 12.7. The second-order valence-corrected chi connectivity index (χ2v) is 7.10. The first-order valence-electron chi connectivity index (χ1n) is 9.31. The van der Waals surface area contributed by atoms with Crippen LogP contribution in [0.3, 0.4) is 0 Å². The summed E-state index contributed by atoms with van der Waals surface area (Å²) in [5.41, 5.74) is 14.0. The van der Waals surface area contributed by atoms with Crippen molar-refractivity contribution in [3.63, 3.8) is 0 Å². The van der Waals surface area contributed by atoms with E-state index in [0.717, 1.165) is 11.1 Å². The molecular weight excluding hydrogens is 374 g/mol. The SMILES string of the molecule is Cc1cc(CC(=O)N2C[C@H](O)CC2C(=O)NCc2ccc(/C(N)=C/N)cc2)on1. The first kappa shape index (κ1) is 20.4. The Morgan fingerprint density at radius 3 is 2.72 bits per heavy atom. The number of hydrogen-bond acceptors (Lipinski definition) is 7. The summed E-state index contributed by atoms with van der Waals surface area (Å²) in [5.74, 6) is -0.167. The fraction of sp³-hybridized carbons (Fsp3) is 0.350. The van der Waals surface area contributed by atoms with Gasteiger partial charge in [0, 0.05) is 31.8 Å². The molecule has 154 valence electrons. The largest absolute Gasteiger partial charge is 0.403 e. The minimum atomic E-state index is -0.739. The van der Waals surface area contributed by atoms with E-state index in [1.165, 1.54) is 11.1 Å². The van der Waals surface area contributed by atoms with Gasteiger partial charge in [0.2, 0.25) is 11.8 Å². The van der Waals surface area contributed by atoms with Crippen molar-refractivity contribution >= 4 is 17.5 Å². The maximum absolute atomic E-state index is 12.7. The summed E-state index contributed by atoms with van der Waals surface area (Å²) in [7, 11) is 0. The molecule has 0 aliphatic carbocycles. The van der Waals surface area contributed by atoms with Crippen LogP contribution in [0.4, 0.5) is 0 Å². The minimum absolute atomic E-state index is 0.00507. The quantitative estimate of drug-likeness (QED) is 0.535. The molecule has 2 aromatic rings. The summed E-state index contributed by atoms with van der Waals surface area (Å²) in [6, 6.07) is 8.26. The highest BCUT2D eigenvalue weighted by Crippen LogP contribution is 2.20. The molecule has 1 aromatic carbocycles. The van der Waals surface area contributed by atoms with E-state index < -0.39 is 12.1 Å². The number of β-amino-alcohol motifs (C(OH)–C–C–N with tert-alkyl or cyclic N) is 1. The molecule has 29 heavy (non-hydrogen) atoms. The molecule has 3 rings (SSSR count). The normalized spacial score (nSPS) is 19.4. The Labute approximate surface area is 168 Å². The van der Waals surface area contributed by atoms with Gasteiger partial charge in [-0.15, -0.1) is 0 Å². The van der Waals surface area contributed by atoms with Gasteiger partial charge < -0.3 is 31.3 Å². The van der Waals surface area contributed by atoms with Crippen LogP contribution in [0.25, 0.3) is 5.70 Å². The Bertz CT molecular complexity index is 906. The molecule has 2 amide bonds. The van der Waals surface area contributed by atoms with Gasteiger partial charge in [-0.25, -0.2) is 0 Å². The molecule has 0 bridgehead atoms. The van der Waals surface area contributed by atoms with E-state index in [-0.39, 0.29) is 31.2 Å². The number of benzene rings is 1. The molecule has 0 saturated carbocycles. The topological polar surface area (TPSA) is 148 Å². The van der Waals surface area contributed by atoms with Gasteiger partial charge in [-0.2, -0.15) is 0 Å². The van der Waals surface area contributed by atoms with Crippen molar-refractivity contribution in [3.05, 3.63) is 59.1 Å². The number of rotatable bonds is 6. The van der Waals surface area contributed by atoms with Crippen LogP contribution >= 0.6 is 0 Å². The lowest BCUT2D eigenvalue weighted by Crippen LogP contribution is -2.46. The summed E-state index contributed by atoms with van der Waals surface area (Å²) >= 11 is 0. The van der Waals surface area contributed by atoms with Gasteiger partial charge in [-0.3, -0.25) is 9.59 Å². The first-order chi connectivity index (χ1) is 13.9. The van der Waals surface area contributed by atoms with Crippen LogP contribution in [-0.4, -0.2) is 45.7 Å². The van der Waals surface area contributed by atoms with E-state index in [1.807, 2.05) is 24.3 Å². The number of aliphatic hydroxyl groups excluding tert-OH is 1. The monoisotopic (exact) mass is 399 g/mol. The Morgan fingerprint density at radius 2 is 2.10 bits per heavy atom. The van der Waals surface area contributed by atoms with Crippen LogP contribution in [0.15, 0.2) is 41.1 Å². The van der Waals surface area contributed by atoms with Crippen molar-refractivity contribution in [1.29, 1.82) is 0 Å². The fourth-order valence-electron chi connectivity index (χ4n) is 3.31. The Balaban J connectivity index is 1.60. The number of hydrogen-bond donors (Lipinski definition) is 4. The van der Waals surface area contributed by atoms with Crippen molar-refractivity contribution in [2.45, 2.75) is 38.5 Å². The zero-order chi connectivity index (χ0) is 21.0. The van der Waals surface area contributed by atoms with E-state index >= 15 is 0 Å². The van der Waals surface area contributed by atoms with E-state index in [4.69, 9.17) is 16.0 Å². The summed E-state index contributed by atoms with van der Waals surface area (Å²) in [6.07, 6.45) is 0.781. The van der Waals surface area contributed by atoms with Gasteiger partial charge in [-0.05, 0) is 18.1 Å². The number of nitrogens with zero attached hydrogens (tertiary/aromatic N) is 2. The van der Waals surface area contributed by atoms with Crippen molar-refractivity contribution in [2.75, 3.05) is 6.54 Å². The Hall–Kier alpha value is -3.33. The van der Waals surface area contributed by atoms with Gasteiger partial charge in [-0.1, -0.05) is 29.4 Å². The highest BCUT2D eigenvalue weighted by Gasteiger charge is 2.38. The van der Waals surface area contributed by atoms with E-state index in [2.05, 4.69) is 10.5 Å². The molecule has 1 aromatic heterocycles. The summed E-state index contributed by atoms with van der Waals surface area (Å²) in [5, 5.41) is 16.6. The van der Waals surface area contributed by atoms with Crippen LogP contribution in [0.5, 0.6) is 0 Å². The molecule has 1 fully saturated rings. The fourth-order valence-corrected chi connectivity index (χ4v) is 3.31. The maximum Gasteiger partial charge on any atom is 0.243 e. The number of aryl methyl sites for hydroxylation is 1. The molecule has 0 radical (unpaired) electrons. The number of nitrogens with two attached hydrogens (primary N) is 2. The molecule has 9 heteroatoms. The summed E-state index contributed by atoms with van der Waals surface area (Å²) in [6.45, 7) is 2.17. The molecule has 1 unspecified atom stereocenters. The van der Waals surface area contributed by atoms with Crippen LogP contribution in [0.1, 0.15) is 29.0 Å².